The zero-order chi connectivity index (χ0) is 13.4. The summed E-state index contributed by atoms with van der Waals surface area (Å²) in [5.74, 6) is 3.87. The van der Waals surface area contributed by atoms with Crippen molar-refractivity contribution < 1.29 is 19.1 Å². The Morgan fingerprint density at radius 3 is 2.89 bits per heavy atom. The van der Waals surface area contributed by atoms with E-state index in [0.29, 0.717) is 5.76 Å². The van der Waals surface area contributed by atoms with Crippen molar-refractivity contribution in [3.63, 3.8) is 0 Å². The minimum absolute atomic E-state index is 0.0948. The van der Waals surface area contributed by atoms with Crippen LogP contribution in [0.4, 0.5) is 0 Å². The standard InChI is InChI=1S/C14H12O4/c1-2-3-4-5-6-12(15)13-9-7-11(18-13)8-10-14(16)17/h3-4,7-10H,2H2,1H3,(H,16,17)/b4-3+,10-8+. The van der Waals surface area contributed by atoms with Crippen molar-refractivity contribution in [2.45, 2.75) is 13.3 Å². The lowest BCUT2D eigenvalue weighted by Gasteiger charge is -1.85. The van der Waals surface area contributed by atoms with Crippen LogP contribution in [0.25, 0.3) is 6.08 Å². The smallest absolute Gasteiger partial charge is 0.328 e. The minimum atomic E-state index is -1.08. The summed E-state index contributed by atoms with van der Waals surface area (Å²) in [6.07, 6.45) is 6.50. The van der Waals surface area contributed by atoms with Crippen molar-refractivity contribution in [1.29, 1.82) is 0 Å². The molecule has 0 aliphatic rings. The summed E-state index contributed by atoms with van der Waals surface area (Å²) in [4.78, 5) is 21.8. The third kappa shape index (κ3) is 4.54. The molecular weight excluding hydrogens is 232 g/mol. The van der Waals surface area contributed by atoms with Crippen molar-refractivity contribution in [2.24, 2.45) is 0 Å². The van der Waals surface area contributed by atoms with Crippen LogP contribution in [0.1, 0.15) is 29.7 Å². The number of carboxylic acids is 1. The van der Waals surface area contributed by atoms with Gasteiger partial charge in [-0.2, -0.15) is 0 Å². The molecule has 0 radical (unpaired) electrons. The van der Waals surface area contributed by atoms with E-state index in [1.807, 2.05) is 13.0 Å². The fourth-order valence-electron chi connectivity index (χ4n) is 1.06. The Kier molecular flexibility index (Phi) is 5.20. The van der Waals surface area contributed by atoms with Crippen molar-refractivity contribution in [2.75, 3.05) is 0 Å². The normalized spacial score (nSPS) is 10.5. The first-order valence-electron chi connectivity index (χ1n) is 5.35. The van der Waals surface area contributed by atoms with Gasteiger partial charge in [-0.1, -0.05) is 18.9 Å². The first-order valence-corrected chi connectivity index (χ1v) is 5.35. The second kappa shape index (κ2) is 6.92. The largest absolute Gasteiger partial charge is 0.478 e. The summed E-state index contributed by atoms with van der Waals surface area (Å²) < 4.78 is 5.13. The van der Waals surface area contributed by atoms with E-state index in [2.05, 4.69) is 11.8 Å². The van der Waals surface area contributed by atoms with Gasteiger partial charge in [0.1, 0.15) is 5.76 Å². The van der Waals surface area contributed by atoms with E-state index in [9.17, 15) is 9.59 Å². The molecule has 0 aliphatic heterocycles. The van der Waals surface area contributed by atoms with Gasteiger partial charge in [-0.15, -0.1) is 0 Å². The number of ketones is 1. The zero-order valence-corrected chi connectivity index (χ0v) is 9.84. The molecule has 18 heavy (non-hydrogen) atoms. The van der Waals surface area contributed by atoms with Crippen molar-refractivity contribution in [3.05, 3.63) is 41.9 Å². The molecule has 0 bridgehead atoms. The summed E-state index contributed by atoms with van der Waals surface area (Å²) in [6.45, 7) is 1.97. The summed E-state index contributed by atoms with van der Waals surface area (Å²) in [5.41, 5.74) is 0. The molecule has 0 amide bonds. The predicted molar refractivity (Wildman–Crippen MR) is 66.9 cm³/mol. The highest BCUT2D eigenvalue weighted by atomic mass is 16.4. The van der Waals surface area contributed by atoms with E-state index >= 15 is 0 Å². The highest BCUT2D eigenvalue weighted by Crippen LogP contribution is 2.09. The van der Waals surface area contributed by atoms with Gasteiger partial charge < -0.3 is 9.52 Å². The average molecular weight is 244 g/mol. The number of allylic oxidation sites excluding steroid dienone is 2. The number of hydrogen-bond donors (Lipinski definition) is 1. The Morgan fingerprint density at radius 1 is 1.44 bits per heavy atom. The van der Waals surface area contributed by atoms with Gasteiger partial charge >= 0.3 is 5.97 Å². The van der Waals surface area contributed by atoms with Gasteiger partial charge in [-0.05, 0) is 36.6 Å². The summed E-state index contributed by atoms with van der Waals surface area (Å²) in [6, 6.07) is 2.97. The van der Waals surface area contributed by atoms with Crippen LogP contribution in [0.3, 0.4) is 0 Å². The highest BCUT2D eigenvalue weighted by Gasteiger charge is 2.06. The van der Waals surface area contributed by atoms with Gasteiger partial charge in [-0.3, -0.25) is 4.79 Å². The molecule has 1 N–H and O–H groups in total. The summed E-state index contributed by atoms with van der Waals surface area (Å²) in [5, 5.41) is 8.43. The molecule has 1 rings (SSSR count). The molecule has 0 unspecified atom stereocenters. The lowest BCUT2D eigenvalue weighted by Crippen LogP contribution is -1.90. The fraction of sp³-hybridized carbons (Fsp3) is 0.143. The molecule has 1 aromatic rings. The van der Waals surface area contributed by atoms with Gasteiger partial charge in [0.05, 0.1) is 0 Å². The van der Waals surface area contributed by atoms with E-state index < -0.39 is 11.8 Å². The van der Waals surface area contributed by atoms with Crippen LogP contribution >= 0.6 is 0 Å². The average Bonchev–Trinajstić information content (AvgIpc) is 2.80. The molecule has 1 heterocycles. The maximum atomic E-state index is 11.5. The van der Waals surface area contributed by atoms with Crippen LogP contribution in [0.15, 0.2) is 34.8 Å². The van der Waals surface area contributed by atoms with Crippen LogP contribution in [0.2, 0.25) is 0 Å². The Labute approximate surface area is 105 Å². The van der Waals surface area contributed by atoms with E-state index in [1.54, 1.807) is 6.08 Å². The predicted octanol–water partition coefficient (Wildman–Crippen LogP) is 2.53. The number of carboxylic acid groups (broad SMARTS) is 1. The van der Waals surface area contributed by atoms with Gasteiger partial charge in [0, 0.05) is 6.08 Å². The van der Waals surface area contributed by atoms with Crippen LogP contribution < -0.4 is 0 Å². The topological polar surface area (TPSA) is 67.5 Å². The Morgan fingerprint density at radius 2 is 2.22 bits per heavy atom. The van der Waals surface area contributed by atoms with E-state index in [-0.39, 0.29) is 5.76 Å². The number of furan rings is 1. The molecule has 0 fully saturated rings. The second-order valence-corrected chi connectivity index (χ2v) is 3.28. The van der Waals surface area contributed by atoms with E-state index in [4.69, 9.17) is 9.52 Å². The molecule has 0 atom stereocenters. The second-order valence-electron chi connectivity index (χ2n) is 3.28. The number of rotatable bonds is 4. The summed E-state index contributed by atoms with van der Waals surface area (Å²) >= 11 is 0. The lowest BCUT2D eigenvalue weighted by molar-refractivity contribution is -0.131. The van der Waals surface area contributed by atoms with Gasteiger partial charge in [0.2, 0.25) is 0 Å². The van der Waals surface area contributed by atoms with E-state index in [0.717, 1.165) is 12.5 Å². The maximum Gasteiger partial charge on any atom is 0.328 e. The first-order chi connectivity index (χ1) is 8.63. The molecule has 0 saturated carbocycles. The Bertz CT molecular complexity index is 550. The molecule has 0 spiro atoms. The SMILES string of the molecule is CC/C=C/C#CC(=O)c1ccc(/C=C/C(=O)O)o1. The van der Waals surface area contributed by atoms with Gasteiger partial charge in [0.25, 0.3) is 5.78 Å². The summed E-state index contributed by atoms with van der Waals surface area (Å²) in [7, 11) is 0. The molecule has 0 saturated heterocycles. The molecular formula is C14H12O4. The molecule has 92 valence electrons. The number of carbonyl (C=O) groups excluding carboxylic acids is 1. The number of aliphatic carboxylic acids is 1. The van der Waals surface area contributed by atoms with Crippen molar-refractivity contribution >= 4 is 17.8 Å². The van der Waals surface area contributed by atoms with Crippen molar-refractivity contribution in [3.8, 4) is 11.8 Å². The minimum Gasteiger partial charge on any atom is -0.478 e. The van der Waals surface area contributed by atoms with Crippen LogP contribution in [0, 0.1) is 11.8 Å². The zero-order valence-electron chi connectivity index (χ0n) is 9.84. The highest BCUT2D eigenvalue weighted by molar-refractivity contribution is 6.07. The van der Waals surface area contributed by atoms with Gasteiger partial charge in [-0.25, -0.2) is 4.79 Å². The number of hydrogen-bond acceptors (Lipinski definition) is 3. The number of carbonyl (C=O) groups is 2. The third-order valence-corrected chi connectivity index (χ3v) is 1.86. The van der Waals surface area contributed by atoms with Crippen molar-refractivity contribution in [1.82, 2.24) is 0 Å². The van der Waals surface area contributed by atoms with Crippen LogP contribution in [0.5, 0.6) is 0 Å². The Hall–Kier alpha value is -2.54. The van der Waals surface area contributed by atoms with E-state index in [1.165, 1.54) is 18.2 Å². The van der Waals surface area contributed by atoms with Crippen LogP contribution in [-0.4, -0.2) is 16.9 Å². The van der Waals surface area contributed by atoms with Crippen LogP contribution in [-0.2, 0) is 4.79 Å². The quantitative estimate of drug-likeness (QED) is 0.382. The Balaban J connectivity index is 2.73. The lowest BCUT2D eigenvalue weighted by atomic mass is 10.3. The third-order valence-electron chi connectivity index (χ3n) is 1.86. The number of Topliss-reactive ketones (excluding diaryl/α,β-unsaturated/α-hetero) is 1. The fourth-order valence-corrected chi connectivity index (χ4v) is 1.06. The molecule has 1 aromatic heterocycles. The monoisotopic (exact) mass is 244 g/mol. The first kappa shape index (κ1) is 13.5. The molecule has 0 aliphatic carbocycles. The van der Waals surface area contributed by atoms with Gasteiger partial charge in [0.15, 0.2) is 5.76 Å². The molecule has 4 heteroatoms. The molecule has 0 aromatic carbocycles. The maximum absolute atomic E-state index is 11.5. The molecule has 4 nitrogen and oxygen atoms in total.